The van der Waals surface area contributed by atoms with Gasteiger partial charge in [-0.3, -0.25) is 4.98 Å². The lowest BCUT2D eigenvalue weighted by atomic mass is 10.2. The fourth-order valence-corrected chi connectivity index (χ4v) is 1.32. The van der Waals surface area contributed by atoms with Crippen LogP contribution in [0.5, 0.6) is 0 Å². The van der Waals surface area contributed by atoms with Crippen molar-refractivity contribution in [2.24, 2.45) is 0 Å². The van der Waals surface area contributed by atoms with E-state index in [1.165, 1.54) is 0 Å². The molecule has 0 amide bonds. The van der Waals surface area contributed by atoms with Crippen LogP contribution in [-0.4, -0.2) is 16.1 Å². The lowest BCUT2D eigenvalue weighted by Gasteiger charge is -1.99. The van der Waals surface area contributed by atoms with Crippen LogP contribution in [0.25, 0.3) is 0 Å². The van der Waals surface area contributed by atoms with Gasteiger partial charge in [-0.2, -0.15) is 0 Å². The number of carboxylic acids is 1. The Morgan fingerprint density at radius 2 is 2.33 bits per heavy atom. The maximum absolute atomic E-state index is 10.6. The Hall–Kier alpha value is -0.650. The number of rotatable bonds is 2. The molecule has 1 aromatic rings. The van der Waals surface area contributed by atoms with E-state index in [-0.39, 0.29) is 0 Å². The number of carbonyl (C=O) groups is 1. The van der Waals surface area contributed by atoms with Crippen LogP contribution < -0.4 is 0 Å². The summed E-state index contributed by atoms with van der Waals surface area (Å²) >= 11 is 2.15. The number of carboxylic acid groups (broad SMARTS) is 1. The average Bonchev–Trinajstić information content (AvgIpc) is 2.03. The van der Waals surface area contributed by atoms with Gasteiger partial charge in [0.25, 0.3) is 0 Å². The molecule has 1 rings (SSSR count). The van der Waals surface area contributed by atoms with E-state index in [4.69, 9.17) is 5.11 Å². The third kappa shape index (κ3) is 2.17. The van der Waals surface area contributed by atoms with Crippen LogP contribution in [0.4, 0.5) is 0 Å². The van der Waals surface area contributed by atoms with Gasteiger partial charge in [0.15, 0.2) is 0 Å². The van der Waals surface area contributed by atoms with Gasteiger partial charge in [-0.1, -0.05) is 22.6 Å². The second-order valence-electron chi connectivity index (χ2n) is 2.43. The minimum absolute atomic E-state index is 0.314. The molecule has 0 aliphatic carbocycles. The summed E-state index contributed by atoms with van der Waals surface area (Å²) in [6.07, 6.45) is 0. The first-order valence-electron chi connectivity index (χ1n) is 3.40. The maximum atomic E-state index is 10.6. The smallest absolute Gasteiger partial charge is 0.335 e. The normalized spacial score (nSPS) is 9.83. The molecule has 0 radical (unpaired) electrons. The number of aromatic carboxylic acids is 1. The molecule has 0 aliphatic heterocycles. The molecule has 12 heavy (non-hydrogen) atoms. The monoisotopic (exact) mass is 277 g/mol. The second-order valence-corrected chi connectivity index (χ2v) is 3.19. The molecule has 3 nitrogen and oxygen atoms in total. The summed E-state index contributed by atoms with van der Waals surface area (Å²) in [6.45, 7) is 1.79. The third-order valence-corrected chi connectivity index (χ3v) is 2.17. The summed E-state index contributed by atoms with van der Waals surface area (Å²) < 4.78 is 0.736. The Bertz CT molecular complexity index is 312. The average molecular weight is 277 g/mol. The molecule has 0 bridgehead atoms. The molecule has 0 atom stereocenters. The van der Waals surface area contributed by atoms with E-state index >= 15 is 0 Å². The largest absolute Gasteiger partial charge is 0.478 e. The highest BCUT2D eigenvalue weighted by atomic mass is 127. The highest BCUT2D eigenvalue weighted by molar-refractivity contribution is 14.1. The standard InChI is InChI=1S/C8H8INO2/c1-5-2-6(8(11)12)3-7(4-9)10-5/h2-3H,4H2,1H3,(H,11,12). The predicted molar refractivity (Wildman–Crippen MR) is 53.7 cm³/mol. The van der Waals surface area contributed by atoms with E-state index in [1.54, 1.807) is 19.1 Å². The zero-order chi connectivity index (χ0) is 9.14. The van der Waals surface area contributed by atoms with Gasteiger partial charge in [0.2, 0.25) is 0 Å². The molecule has 0 saturated carbocycles. The van der Waals surface area contributed by atoms with Crippen molar-refractivity contribution in [2.75, 3.05) is 0 Å². The first kappa shape index (κ1) is 9.44. The summed E-state index contributed by atoms with van der Waals surface area (Å²) in [5.41, 5.74) is 1.88. The lowest BCUT2D eigenvalue weighted by molar-refractivity contribution is 0.0696. The van der Waals surface area contributed by atoms with Crippen molar-refractivity contribution in [1.82, 2.24) is 4.98 Å². The second kappa shape index (κ2) is 3.84. The van der Waals surface area contributed by atoms with Gasteiger partial charge in [0.1, 0.15) is 0 Å². The van der Waals surface area contributed by atoms with Gasteiger partial charge in [0.05, 0.1) is 11.3 Å². The van der Waals surface area contributed by atoms with Crippen LogP contribution in [0.1, 0.15) is 21.7 Å². The Labute approximate surface area is 84.0 Å². The number of hydrogen-bond donors (Lipinski definition) is 1. The fraction of sp³-hybridized carbons (Fsp3) is 0.250. The molecule has 0 saturated heterocycles. The van der Waals surface area contributed by atoms with Crippen LogP contribution >= 0.6 is 22.6 Å². The van der Waals surface area contributed by atoms with Gasteiger partial charge in [0, 0.05) is 10.1 Å². The van der Waals surface area contributed by atoms with Crippen LogP contribution in [0.2, 0.25) is 0 Å². The van der Waals surface area contributed by atoms with E-state index < -0.39 is 5.97 Å². The maximum Gasteiger partial charge on any atom is 0.335 e. The van der Waals surface area contributed by atoms with Crippen molar-refractivity contribution in [2.45, 2.75) is 11.4 Å². The molecule has 0 aromatic carbocycles. The van der Waals surface area contributed by atoms with Crippen molar-refractivity contribution in [1.29, 1.82) is 0 Å². The summed E-state index contributed by atoms with van der Waals surface area (Å²) in [6, 6.07) is 3.17. The Kier molecular flexibility index (Phi) is 3.02. The quantitative estimate of drug-likeness (QED) is 0.664. The summed E-state index contributed by atoms with van der Waals surface area (Å²) in [7, 11) is 0. The van der Waals surface area contributed by atoms with E-state index in [0.29, 0.717) is 5.56 Å². The number of alkyl halides is 1. The van der Waals surface area contributed by atoms with Crippen molar-refractivity contribution in [3.63, 3.8) is 0 Å². The van der Waals surface area contributed by atoms with Crippen molar-refractivity contribution in [3.05, 3.63) is 29.1 Å². The Morgan fingerprint density at radius 1 is 1.67 bits per heavy atom. The molecule has 0 fully saturated rings. The molecular formula is C8H8INO2. The summed E-state index contributed by atoms with van der Waals surface area (Å²) in [4.78, 5) is 14.8. The number of aryl methyl sites for hydroxylation is 1. The predicted octanol–water partition coefficient (Wildman–Crippen LogP) is 2.02. The fourth-order valence-electron chi connectivity index (χ4n) is 0.929. The summed E-state index contributed by atoms with van der Waals surface area (Å²) in [5.74, 6) is -0.897. The SMILES string of the molecule is Cc1cc(C(=O)O)cc(CI)n1. The zero-order valence-electron chi connectivity index (χ0n) is 6.54. The molecule has 4 heteroatoms. The highest BCUT2D eigenvalue weighted by Crippen LogP contribution is 2.08. The lowest BCUT2D eigenvalue weighted by Crippen LogP contribution is -2.00. The van der Waals surface area contributed by atoms with Crippen LogP contribution in [0.3, 0.4) is 0 Å². The van der Waals surface area contributed by atoms with Gasteiger partial charge < -0.3 is 5.11 Å². The van der Waals surface area contributed by atoms with Crippen LogP contribution in [0, 0.1) is 6.92 Å². The molecule has 1 heterocycles. The number of pyridine rings is 1. The highest BCUT2D eigenvalue weighted by Gasteiger charge is 2.04. The molecule has 0 spiro atoms. The van der Waals surface area contributed by atoms with E-state index in [9.17, 15) is 4.79 Å². The number of hydrogen-bond acceptors (Lipinski definition) is 2. The topological polar surface area (TPSA) is 50.2 Å². The van der Waals surface area contributed by atoms with Gasteiger partial charge in [-0.05, 0) is 19.1 Å². The molecule has 64 valence electrons. The molecule has 0 unspecified atom stereocenters. The number of aromatic nitrogens is 1. The van der Waals surface area contributed by atoms with Crippen LogP contribution in [0.15, 0.2) is 12.1 Å². The Morgan fingerprint density at radius 3 is 2.83 bits per heavy atom. The first-order chi connectivity index (χ1) is 5.63. The molecule has 0 aliphatic rings. The minimum atomic E-state index is -0.897. The van der Waals surface area contributed by atoms with Crippen molar-refractivity contribution >= 4 is 28.6 Å². The van der Waals surface area contributed by atoms with E-state index in [0.717, 1.165) is 15.8 Å². The van der Waals surface area contributed by atoms with Gasteiger partial charge in [-0.15, -0.1) is 0 Å². The van der Waals surface area contributed by atoms with E-state index in [1.807, 2.05) is 0 Å². The molecule has 1 aromatic heterocycles. The van der Waals surface area contributed by atoms with Crippen molar-refractivity contribution in [3.8, 4) is 0 Å². The van der Waals surface area contributed by atoms with Gasteiger partial charge >= 0.3 is 5.97 Å². The molecular weight excluding hydrogens is 269 g/mol. The van der Waals surface area contributed by atoms with Crippen molar-refractivity contribution < 1.29 is 9.90 Å². The Balaban J connectivity index is 3.15. The van der Waals surface area contributed by atoms with Gasteiger partial charge in [-0.25, -0.2) is 4.79 Å². The summed E-state index contributed by atoms with van der Waals surface area (Å²) in [5, 5.41) is 8.70. The first-order valence-corrected chi connectivity index (χ1v) is 4.93. The molecule has 1 N–H and O–H groups in total. The van der Waals surface area contributed by atoms with E-state index in [2.05, 4.69) is 27.6 Å². The number of nitrogens with zero attached hydrogens (tertiary/aromatic N) is 1. The van der Waals surface area contributed by atoms with Crippen LogP contribution in [-0.2, 0) is 4.43 Å². The third-order valence-electron chi connectivity index (χ3n) is 1.39. The minimum Gasteiger partial charge on any atom is -0.478 e. The number of halogens is 1. The zero-order valence-corrected chi connectivity index (χ0v) is 8.70.